The first-order valence-electron chi connectivity index (χ1n) is 10.4. The summed E-state index contributed by atoms with van der Waals surface area (Å²) < 4.78 is 6.70. The van der Waals surface area contributed by atoms with Crippen molar-refractivity contribution in [3.63, 3.8) is 0 Å². The molecule has 1 aromatic carbocycles. The zero-order valence-electron chi connectivity index (χ0n) is 17.7. The number of hydrogen-bond acceptors (Lipinski definition) is 4. The molecule has 4 nitrogen and oxygen atoms in total. The molecule has 5 heteroatoms. The fourth-order valence-electron chi connectivity index (χ4n) is 4.32. The third-order valence-electron chi connectivity index (χ3n) is 5.62. The van der Waals surface area contributed by atoms with Crippen LogP contribution in [0.15, 0.2) is 46.8 Å². The second kappa shape index (κ2) is 9.02. The van der Waals surface area contributed by atoms with E-state index in [9.17, 15) is 9.59 Å². The largest absolute Gasteiger partial charge is 0.462 e. The van der Waals surface area contributed by atoms with Crippen LogP contribution in [0.1, 0.15) is 71.3 Å². The number of allylic oxidation sites excluding steroid dienone is 3. The predicted octanol–water partition coefficient (Wildman–Crippen LogP) is 5.63. The number of nitrogens with one attached hydrogen (secondary N) is 1. The summed E-state index contributed by atoms with van der Waals surface area (Å²) in [6.45, 7) is 8.69. The minimum Gasteiger partial charge on any atom is -0.462 e. The van der Waals surface area contributed by atoms with Crippen LogP contribution in [0.2, 0.25) is 0 Å². The third kappa shape index (κ3) is 4.93. The number of esters is 1. The molecule has 0 saturated carbocycles. The Kier molecular flexibility index (Phi) is 6.87. The van der Waals surface area contributed by atoms with Gasteiger partial charge in [-0.05, 0) is 65.5 Å². The fraction of sp³-hybridized carbons (Fsp3) is 0.500. The van der Waals surface area contributed by atoms with E-state index in [4.69, 9.17) is 4.74 Å². The van der Waals surface area contributed by atoms with Gasteiger partial charge in [0.1, 0.15) is 0 Å². The second-order valence-electron chi connectivity index (χ2n) is 8.83. The zero-order chi connectivity index (χ0) is 21.2. The summed E-state index contributed by atoms with van der Waals surface area (Å²) in [5, 5.41) is 3.39. The van der Waals surface area contributed by atoms with Gasteiger partial charge in [-0.3, -0.25) is 4.79 Å². The van der Waals surface area contributed by atoms with Crippen LogP contribution in [0.5, 0.6) is 0 Å². The maximum Gasteiger partial charge on any atom is 0.336 e. The molecule has 0 amide bonds. The van der Waals surface area contributed by atoms with Gasteiger partial charge < -0.3 is 10.1 Å². The highest BCUT2D eigenvalue weighted by Gasteiger charge is 2.43. The number of rotatable bonds is 6. The van der Waals surface area contributed by atoms with Gasteiger partial charge in [0.05, 0.1) is 12.2 Å². The van der Waals surface area contributed by atoms with Crippen LogP contribution in [0, 0.1) is 8.99 Å². The molecule has 1 aromatic rings. The van der Waals surface area contributed by atoms with Crippen LogP contribution in [-0.2, 0) is 14.3 Å². The van der Waals surface area contributed by atoms with Gasteiger partial charge in [0, 0.05) is 32.9 Å². The number of benzene rings is 1. The van der Waals surface area contributed by atoms with Crippen molar-refractivity contribution in [1.82, 2.24) is 5.32 Å². The molecule has 0 fully saturated rings. The Hall–Kier alpha value is -1.63. The van der Waals surface area contributed by atoms with E-state index in [1.54, 1.807) is 0 Å². The Labute approximate surface area is 187 Å². The number of Topliss-reactive ketones (excluding diaryl/α,β-unsaturated/α-hetero) is 1. The Morgan fingerprint density at radius 2 is 2.03 bits per heavy atom. The Morgan fingerprint density at radius 3 is 2.72 bits per heavy atom. The lowest BCUT2D eigenvalue weighted by Gasteiger charge is -2.39. The van der Waals surface area contributed by atoms with Gasteiger partial charge in [0.15, 0.2) is 5.78 Å². The molecule has 0 saturated heterocycles. The number of ketones is 1. The molecule has 0 unspecified atom stereocenters. The highest BCUT2D eigenvalue weighted by atomic mass is 127. The third-order valence-corrected chi connectivity index (χ3v) is 6.29. The highest BCUT2D eigenvalue weighted by Crippen LogP contribution is 2.46. The van der Waals surface area contributed by atoms with Gasteiger partial charge >= 0.3 is 5.97 Å². The first-order chi connectivity index (χ1) is 13.7. The van der Waals surface area contributed by atoms with E-state index in [1.165, 1.54) is 0 Å². The first-order valence-corrected chi connectivity index (χ1v) is 11.5. The molecule has 1 atom stereocenters. The number of carbonyl (C=O) groups excluding carboxylic acids is 2. The van der Waals surface area contributed by atoms with E-state index in [-0.39, 0.29) is 23.1 Å². The van der Waals surface area contributed by atoms with Crippen molar-refractivity contribution >= 4 is 34.3 Å². The molecule has 3 rings (SSSR count). The maximum atomic E-state index is 13.2. The van der Waals surface area contributed by atoms with Crippen LogP contribution in [0.25, 0.3) is 0 Å². The first kappa shape index (κ1) is 22.1. The van der Waals surface area contributed by atoms with Crippen molar-refractivity contribution in [2.45, 2.75) is 65.7 Å². The number of ether oxygens (including phenoxy) is 1. The van der Waals surface area contributed by atoms with Crippen molar-refractivity contribution in [1.29, 1.82) is 0 Å². The van der Waals surface area contributed by atoms with E-state index >= 15 is 0 Å². The van der Waals surface area contributed by atoms with E-state index in [2.05, 4.69) is 54.7 Å². The molecule has 2 aliphatic rings. The molecule has 29 heavy (non-hydrogen) atoms. The van der Waals surface area contributed by atoms with Crippen molar-refractivity contribution < 1.29 is 14.3 Å². The number of hydrogen-bond donors (Lipinski definition) is 1. The molecule has 1 heterocycles. The molecule has 0 spiro atoms. The van der Waals surface area contributed by atoms with E-state index in [0.717, 1.165) is 51.8 Å². The lowest BCUT2D eigenvalue weighted by Crippen LogP contribution is -2.38. The fourth-order valence-corrected chi connectivity index (χ4v) is 4.89. The van der Waals surface area contributed by atoms with Crippen molar-refractivity contribution in [2.24, 2.45) is 5.41 Å². The number of unbranched alkanes of at least 4 members (excludes halogenated alkanes) is 2. The minimum atomic E-state index is -0.372. The highest BCUT2D eigenvalue weighted by molar-refractivity contribution is 14.1. The number of carbonyl (C=O) groups is 2. The smallest absolute Gasteiger partial charge is 0.336 e. The number of dihydropyridines is 1. The summed E-state index contributed by atoms with van der Waals surface area (Å²) in [6.07, 6.45) is 4.26. The van der Waals surface area contributed by atoms with Crippen LogP contribution in [0.4, 0.5) is 0 Å². The molecule has 156 valence electrons. The minimum absolute atomic E-state index is 0.0863. The van der Waals surface area contributed by atoms with Gasteiger partial charge in [-0.1, -0.05) is 45.7 Å². The summed E-state index contributed by atoms with van der Waals surface area (Å²) in [5.41, 5.74) is 3.93. The zero-order valence-corrected chi connectivity index (χ0v) is 19.9. The van der Waals surface area contributed by atoms with Gasteiger partial charge in [0.25, 0.3) is 0 Å². The van der Waals surface area contributed by atoms with Gasteiger partial charge in [0.2, 0.25) is 0 Å². The summed E-state index contributed by atoms with van der Waals surface area (Å²) in [5.74, 6) is -0.571. The van der Waals surface area contributed by atoms with Crippen molar-refractivity contribution in [3.05, 3.63) is 55.9 Å². The summed E-state index contributed by atoms with van der Waals surface area (Å²) in [6, 6.07) is 8.07. The maximum absolute atomic E-state index is 13.2. The molecule has 1 aliphatic heterocycles. The topological polar surface area (TPSA) is 55.4 Å². The average Bonchev–Trinajstić information content (AvgIpc) is 2.63. The Balaban J connectivity index is 2.03. The van der Waals surface area contributed by atoms with Crippen LogP contribution < -0.4 is 5.32 Å². The Bertz CT molecular complexity index is 882. The van der Waals surface area contributed by atoms with Crippen LogP contribution >= 0.6 is 22.6 Å². The summed E-state index contributed by atoms with van der Waals surface area (Å²) >= 11 is 2.27. The molecule has 0 aromatic heterocycles. The summed E-state index contributed by atoms with van der Waals surface area (Å²) in [4.78, 5) is 26.3. The van der Waals surface area contributed by atoms with Gasteiger partial charge in [-0.2, -0.15) is 0 Å². The molecule has 0 radical (unpaired) electrons. The lowest BCUT2D eigenvalue weighted by molar-refractivity contribution is -0.139. The van der Waals surface area contributed by atoms with Crippen molar-refractivity contribution in [3.8, 4) is 0 Å². The van der Waals surface area contributed by atoms with Crippen molar-refractivity contribution in [2.75, 3.05) is 6.61 Å². The van der Waals surface area contributed by atoms with E-state index < -0.39 is 0 Å². The molecule has 0 bridgehead atoms. The predicted molar refractivity (Wildman–Crippen MR) is 123 cm³/mol. The van der Waals surface area contributed by atoms with E-state index in [1.807, 2.05) is 25.1 Å². The Morgan fingerprint density at radius 1 is 1.28 bits per heavy atom. The normalized spacial score (nSPS) is 21.0. The standard InChI is InChI=1S/C24H30INO3/c1-5-6-7-11-29-23(28)20-15(2)26-18-13-24(3,4)14-19(27)22(18)21(20)16-9-8-10-17(25)12-16/h8-10,12,21,26H,5-7,11,13-14H2,1-4H3/t21-/m0/s1. The lowest BCUT2D eigenvalue weighted by atomic mass is 9.68. The monoisotopic (exact) mass is 507 g/mol. The molecular weight excluding hydrogens is 477 g/mol. The van der Waals surface area contributed by atoms with Crippen LogP contribution in [-0.4, -0.2) is 18.4 Å². The molecule has 1 N–H and O–H groups in total. The van der Waals surface area contributed by atoms with Crippen LogP contribution in [0.3, 0.4) is 0 Å². The van der Waals surface area contributed by atoms with Gasteiger partial charge in [-0.25, -0.2) is 4.79 Å². The SMILES string of the molecule is CCCCCOC(=O)C1=C(C)NC2=C(C(=O)CC(C)(C)C2)[C@H]1c1cccc(I)c1. The summed E-state index contributed by atoms with van der Waals surface area (Å²) in [7, 11) is 0. The molecular formula is C24H30INO3. The quantitative estimate of drug-likeness (QED) is 0.308. The second-order valence-corrected chi connectivity index (χ2v) is 10.1. The average molecular weight is 507 g/mol. The number of halogens is 1. The molecule has 1 aliphatic carbocycles. The van der Waals surface area contributed by atoms with E-state index in [0.29, 0.717) is 18.6 Å². The van der Waals surface area contributed by atoms with Gasteiger partial charge in [-0.15, -0.1) is 0 Å².